The van der Waals surface area contributed by atoms with Gasteiger partial charge in [0.2, 0.25) is 11.7 Å². The molecule has 0 bridgehead atoms. The Labute approximate surface area is 155 Å². The van der Waals surface area contributed by atoms with Crippen molar-refractivity contribution in [1.29, 1.82) is 0 Å². The second-order valence-corrected chi connectivity index (χ2v) is 6.31. The third kappa shape index (κ3) is 5.16. The lowest BCUT2D eigenvalue weighted by molar-refractivity contribution is -0.126. The molecule has 0 heterocycles. The first-order chi connectivity index (χ1) is 11.5. The highest BCUT2D eigenvalue weighted by molar-refractivity contribution is 5.85. The maximum absolute atomic E-state index is 12.5. The maximum Gasteiger partial charge on any atom is 0.223 e. The van der Waals surface area contributed by atoms with Crippen LogP contribution < -0.4 is 25.3 Å². The van der Waals surface area contributed by atoms with E-state index in [2.05, 4.69) is 5.32 Å². The maximum atomic E-state index is 12.5. The van der Waals surface area contributed by atoms with Crippen molar-refractivity contribution in [2.75, 3.05) is 21.3 Å². The van der Waals surface area contributed by atoms with Crippen LogP contribution in [0.15, 0.2) is 12.1 Å². The smallest absolute Gasteiger partial charge is 0.223 e. The van der Waals surface area contributed by atoms with Crippen molar-refractivity contribution in [3.05, 3.63) is 17.7 Å². The van der Waals surface area contributed by atoms with Crippen molar-refractivity contribution < 1.29 is 19.0 Å². The number of carbonyl (C=O) groups excluding carboxylic acids is 1. The molecule has 25 heavy (non-hydrogen) atoms. The van der Waals surface area contributed by atoms with Crippen LogP contribution in [0.4, 0.5) is 0 Å². The second kappa shape index (κ2) is 9.73. The molecule has 1 saturated carbocycles. The average Bonchev–Trinajstić information content (AvgIpc) is 2.60. The van der Waals surface area contributed by atoms with Crippen LogP contribution in [-0.2, 0) is 4.79 Å². The zero-order chi connectivity index (χ0) is 17.7. The summed E-state index contributed by atoms with van der Waals surface area (Å²) >= 11 is 0. The molecule has 1 amide bonds. The van der Waals surface area contributed by atoms with Crippen molar-refractivity contribution in [2.24, 2.45) is 11.7 Å². The lowest BCUT2D eigenvalue weighted by atomic mass is 9.85. The van der Waals surface area contributed by atoms with E-state index in [-0.39, 0.29) is 36.3 Å². The molecule has 2 rings (SSSR count). The normalized spacial score (nSPS) is 20.8. The van der Waals surface area contributed by atoms with Crippen molar-refractivity contribution in [3.63, 3.8) is 0 Å². The van der Waals surface area contributed by atoms with Crippen LogP contribution >= 0.6 is 12.4 Å². The number of ether oxygens (including phenoxy) is 3. The van der Waals surface area contributed by atoms with Gasteiger partial charge < -0.3 is 25.3 Å². The van der Waals surface area contributed by atoms with Gasteiger partial charge in [0.05, 0.1) is 27.4 Å². The van der Waals surface area contributed by atoms with E-state index in [0.29, 0.717) is 17.2 Å². The van der Waals surface area contributed by atoms with Crippen LogP contribution in [0.2, 0.25) is 0 Å². The van der Waals surface area contributed by atoms with Gasteiger partial charge in [0, 0.05) is 12.0 Å². The number of hydrogen-bond donors (Lipinski definition) is 2. The first-order valence-electron chi connectivity index (χ1n) is 8.36. The van der Waals surface area contributed by atoms with Gasteiger partial charge >= 0.3 is 0 Å². The fourth-order valence-corrected chi connectivity index (χ4v) is 3.23. The lowest BCUT2D eigenvalue weighted by Crippen LogP contribution is -2.38. The van der Waals surface area contributed by atoms with Crippen molar-refractivity contribution in [3.8, 4) is 17.2 Å². The molecule has 6 nitrogen and oxygen atoms in total. The Balaban J connectivity index is 0.00000312. The van der Waals surface area contributed by atoms with Gasteiger partial charge in [-0.1, -0.05) is 6.42 Å². The summed E-state index contributed by atoms with van der Waals surface area (Å²) in [7, 11) is 4.72. The van der Waals surface area contributed by atoms with Crippen molar-refractivity contribution in [1.82, 2.24) is 5.32 Å². The highest BCUT2D eigenvalue weighted by atomic mass is 35.5. The van der Waals surface area contributed by atoms with Gasteiger partial charge in [-0.25, -0.2) is 0 Å². The molecule has 7 heteroatoms. The quantitative estimate of drug-likeness (QED) is 0.802. The minimum atomic E-state index is -0.163. The largest absolute Gasteiger partial charge is 0.493 e. The molecule has 0 aliphatic heterocycles. The topological polar surface area (TPSA) is 82.8 Å². The number of methoxy groups -OCH3 is 3. The third-order valence-electron chi connectivity index (χ3n) is 4.63. The van der Waals surface area contributed by atoms with Gasteiger partial charge in [-0.2, -0.15) is 0 Å². The Morgan fingerprint density at radius 2 is 1.76 bits per heavy atom. The van der Waals surface area contributed by atoms with E-state index in [4.69, 9.17) is 19.9 Å². The van der Waals surface area contributed by atoms with Gasteiger partial charge in [0.25, 0.3) is 0 Å². The molecular formula is C18H29ClN2O4. The molecular weight excluding hydrogens is 344 g/mol. The molecule has 0 aromatic heterocycles. The Morgan fingerprint density at radius 3 is 2.24 bits per heavy atom. The summed E-state index contributed by atoms with van der Waals surface area (Å²) < 4.78 is 16.1. The van der Waals surface area contributed by atoms with E-state index in [1.807, 2.05) is 19.1 Å². The Kier molecular flexibility index (Phi) is 8.32. The molecule has 0 saturated heterocycles. The highest BCUT2D eigenvalue weighted by Gasteiger charge is 2.26. The molecule has 1 aromatic rings. The number of carbonyl (C=O) groups is 1. The van der Waals surface area contributed by atoms with E-state index in [1.165, 1.54) is 0 Å². The minimum Gasteiger partial charge on any atom is -0.493 e. The zero-order valence-corrected chi connectivity index (χ0v) is 16.2. The van der Waals surface area contributed by atoms with Crippen LogP contribution in [-0.4, -0.2) is 33.3 Å². The monoisotopic (exact) mass is 372 g/mol. The fourth-order valence-electron chi connectivity index (χ4n) is 3.23. The van der Waals surface area contributed by atoms with E-state index >= 15 is 0 Å². The van der Waals surface area contributed by atoms with Gasteiger partial charge in [-0.05, 0) is 43.9 Å². The van der Waals surface area contributed by atoms with E-state index in [0.717, 1.165) is 31.2 Å². The minimum absolute atomic E-state index is 0. The molecule has 1 aliphatic carbocycles. The number of halogens is 1. The molecule has 1 aromatic carbocycles. The fraction of sp³-hybridized carbons (Fsp3) is 0.611. The lowest BCUT2D eigenvalue weighted by Gasteiger charge is -2.27. The summed E-state index contributed by atoms with van der Waals surface area (Å²) in [6.07, 6.45) is 3.68. The number of amides is 1. The first kappa shape index (κ1) is 21.4. The van der Waals surface area contributed by atoms with Crippen LogP contribution in [0.1, 0.15) is 44.2 Å². The molecule has 0 radical (unpaired) electrons. The van der Waals surface area contributed by atoms with Crippen molar-refractivity contribution in [2.45, 2.75) is 44.7 Å². The molecule has 3 N–H and O–H groups in total. The number of rotatable bonds is 6. The summed E-state index contributed by atoms with van der Waals surface area (Å²) in [5.41, 5.74) is 6.89. The summed E-state index contributed by atoms with van der Waals surface area (Å²) in [6, 6.07) is 3.69. The number of nitrogens with one attached hydrogen (secondary N) is 1. The summed E-state index contributed by atoms with van der Waals surface area (Å²) in [5, 5.41) is 3.08. The van der Waals surface area contributed by atoms with E-state index < -0.39 is 0 Å². The van der Waals surface area contributed by atoms with E-state index in [1.54, 1.807) is 21.3 Å². The summed E-state index contributed by atoms with van der Waals surface area (Å²) in [5.74, 6) is 1.76. The molecule has 142 valence electrons. The SMILES string of the molecule is COc1cc(C(C)NC(=O)C2CCCC(N)C2)cc(OC)c1OC.Cl. The van der Waals surface area contributed by atoms with E-state index in [9.17, 15) is 4.79 Å². The van der Waals surface area contributed by atoms with Crippen molar-refractivity contribution >= 4 is 18.3 Å². The molecule has 3 unspecified atom stereocenters. The summed E-state index contributed by atoms with van der Waals surface area (Å²) in [4.78, 5) is 12.5. The van der Waals surface area contributed by atoms with Crippen LogP contribution in [0.3, 0.4) is 0 Å². The van der Waals surface area contributed by atoms with Crippen LogP contribution in [0.5, 0.6) is 17.2 Å². The van der Waals surface area contributed by atoms with Gasteiger partial charge in [0.1, 0.15) is 0 Å². The molecule has 0 spiro atoms. The number of hydrogen-bond acceptors (Lipinski definition) is 5. The van der Waals surface area contributed by atoms with Crippen LogP contribution in [0, 0.1) is 5.92 Å². The van der Waals surface area contributed by atoms with Gasteiger partial charge in [-0.3, -0.25) is 4.79 Å². The molecule has 3 atom stereocenters. The number of benzene rings is 1. The second-order valence-electron chi connectivity index (χ2n) is 6.31. The Bertz CT molecular complexity index is 557. The third-order valence-corrected chi connectivity index (χ3v) is 4.63. The summed E-state index contributed by atoms with van der Waals surface area (Å²) in [6.45, 7) is 1.95. The zero-order valence-electron chi connectivity index (χ0n) is 15.3. The first-order valence-corrected chi connectivity index (χ1v) is 8.36. The standard InChI is InChI=1S/C18H28N2O4.ClH/c1-11(20-18(21)12-6-5-7-14(19)8-12)13-9-15(22-2)17(24-4)16(10-13)23-3;/h9-12,14H,5-8,19H2,1-4H3,(H,20,21);1H. The van der Waals surface area contributed by atoms with Gasteiger partial charge in [0.15, 0.2) is 11.5 Å². The number of nitrogens with two attached hydrogens (primary N) is 1. The average molecular weight is 373 g/mol. The molecule has 1 fully saturated rings. The molecule has 1 aliphatic rings. The predicted molar refractivity (Wildman–Crippen MR) is 99.8 cm³/mol. The Morgan fingerprint density at radius 1 is 1.16 bits per heavy atom. The van der Waals surface area contributed by atoms with Crippen LogP contribution in [0.25, 0.3) is 0 Å². The predicted octanol–water partition coefficient (Wildman–Crippen LogP) is 2.83. The van der Waals surface area contributed by atoms with Gasteiger partial charge in [-0.15, -0.1) is 12.4 Å². The highest BCUT2D eigenvalue weighted by Crippen LogP contribution is 2.39. The Hall–Kier alpha value is -1.66.